The molecule has 0 aromatic heterocycles. The number of nitrogens with two attached hydrogens (primary N) is 2. The summed E-state index contributed by atoms with van der Waals surface area (Å²) in [4.78, 5) is 0. The Kier molecular flexibility index (Phi) is 5.84. The van der Waals surface area contributed by atoms with Gasteiger partial charge in [0.25, 0.3) is 0 Å². The number of halogens is 14. The molecule has 0 amide bonds. The van der Waals surface area contributed by atoms with Gasteiger partial charge in [0.05, 0.1) is 16.4 Å². The molecule has 0 aliphatic carbocycles. The molecule has 1 rings (SSSR count). The minimum Gasteiger partial charge on any atom is -0.426 e. The number of hydrogen-bond acceptors (Lipinski definition) is 3. The average molecular weight is 477 g/mol. The van der Waals surface area contributed by atoms with Gasteiger partial charge in [-0.25, -0.2) is 0 Å². The van der Waals surface area contributed by atoms with Gasteiger partial charge in [0.2, 0.25) is 0 Å². The Bertz CT molecular complexity index is 778. The first-order chi connectivity index (χ1) is 12.5. The van der Waals surface area contributed by atoms with Crippen LogP contribution < -0.4 is 16.2 Å². The van der Waals surface area contributed by atoms with E-state index in [4.69, 9.17) is 23.1 Å². The van der Waals surface area contributed by atoms with E-state index >= 15 is 0 Å². The summed E-state index contributed by atoms with van der Waals surface area (Å²) in [6.07, 6.45) is -14.3. The molecule has 168 valence electrons. The van der Waals surface area contributed by atoms with Gasteiger partial charge in [-0.05, 0) is 6.07 Å². The van der Waals surface area contributed by atoms with E-state index in [1.54, 1.807) is 0 Å². The van der Waals surface area contributed by atoms with Crippen LogP contribution in [0.5, 0.6) is 5.75 Å². The third-order valence-electron chi connectivity index (χ3n) is 3.27. The van der Waals surface area contributed by atoms with Crippen molar-refractivity contribution in [2.24, 2.45) is 0 Å². The molecule has 0 atom stereocenters. The van der Waals surface area contributed by atoms with Crippen LogP contribution in [0.3, 0.4) is 0 Å². The number of benzene rings is 1. The molecule has 1 aromatic rings. The largest absolute Gasteiger partial charge is 0.471 e. The van der Waals surface area contributed by atoms with Crippen LogP contribution in [-0.2, 0) is 0 Å². The van der Waals surface area contributed by atoms with E-state index in [2.05, 4.69) is 4.74 Å². The second-order valence-corrected chi connectivity index (χ2v) is 5.73. The third-order valence-corrected chi connectivity index (χ3v) is 3.60. The van der Waals surface area contributed by atoms with Gasteiger partial charge in [-0.15, -0.1) is 0 Å². The lowest BCUT2D eigenvalue weighted by atomic mass is 9.97. The molecule has 0 heterocycles. The second kappa shape index (κ2) is 6.77. The summed E-state index contributed by atoms with van der Waals surface area (Å²) >= 11 is 5.37. The van der Waals surface area contributed by atoms with Gasteiger partial charge in [0.15, 0.2) is 5.75 Å². The summed E-state index contributed by atoms with van der Waals surface area (Å²) in [5.74, 6) is -33.1. The summed E-state index contributed by atoms with van der Waals surface area (Å²) in [5.41, 5.74) is 8.31. The molecule has 0 saturated carbocycles. The smallest absolute Gasteiger partial charge is 0.426 e. The fourth-order valence-electron chi connectivity index (χ4n) is 1.63. The van der Waals surface area contributed by atoms with Crippen molar-refractivity contribution in [3.8, 4) is 5.75 Å². The summed E-state index contributed by atoms with van der Waals surface area (Å²) in [7, 11) is 0. The second-order valence-electron chi connectivity index (χ2n) is 5.33. The zero-order valence-electron chi connectivity index (χ0n) is 13.0. The van der Waals surface area contributed by atoms with Crippen LogP contribution in [0.1, 0.15) is 0 Å². The predicted molar refractivity (Wildman–Crippen MR) is 71.7 cm³/mol. The van der Waals surface area contributed by atoms with E-state index in [1.165, 1.54) is 0 Å². The van der Waals surface area contributed by atoms with Crippen molar-refractivity contribution in [2.75, 3.05) is 11.5 Å². The lowest BCUT2D eigenvalue weighted by molar-refractivity contribution is -0.456. The number of anilines is 2. The molecule has 3 nitrogen and oxygen atoms in total. The van der Waals surface area contributed by atoms with Gasteiger partial charge in [-0.3, -0.25) is 0 Å². The molecular formula is C12H6ClF13N2O. The van der Waals surface area contributed by atoms with E-state index in [9.17, 15) is 57.1 Å². The Morgan fingerprint density at radius 2 is 1.03 bits per heavy atom. The van der Waals surface area contributed by atoms with Crippen molar-refractivity contribution in [1.29, 1.82) is 0 Å². The van der Waals surface area contributed by atoms with E-state index in [0.717, 1.165) is 0 Å². The average Bonchev–Trinajstić information content (AvgIpc) is 2.50. The molecule has 17 heteroatoms. The number of rotatable bonds is 6. The van der Waals surface area contributed by atoms with Crippen LogP contribution in [0.15, 0.2) is 12.1 Å². The lowest BCUT2D eigenvalue weighted by Crippen LogP contribution is -2.70. The number of ether oxygens (including phenoxy) is 1. The normalized spacial score (nSPS) is 14.8. The number of hydrogen-bond donors (Lipinski definition) is 2. The van der Waals surface area contributed by atoms with Crippen molar-refractivity contribution in [3.63, 3.8) is 0 Å². The Hall–Kier alpha value is -2.00. The van der Waals surface area contributed by atoms with Crippen molar-refractivity contribution >= 4 is 23.0 Å². The maximum absolute atomic E-state index is 13.6. The molecule has 29 heavy (non-hydrogen) atoms. The zero-order valence-corrected chi connectivity index (χ0v) is 13.8. The van der Waals surface area contributed by atoms with E-state index in [1.807, 2.05) is 0 Å². The van der Waals surface area contributed by atoms with Crippen LogP contribution in [0.2, 0.25) is 5.02 Å². The summed E-state index contributed by atoms with van der Waals surface area (Å²) in [6.45, 7) is 0. The standard InChI is InChI=1S/C12H6ClF13N2O/c13-3-1-5(28)6(2-4(3)27)29-12(25,26)10(20,21)8(16,17)7(14,15)9(18,19)11(22,23)24/h1-2H,27-28H2. The van der Waals surface area contributed by atoms with Crippen LogP contribution in [0.25, 0.3) is 0 Å². The van der Waals surface area contributed by atoms with Gasteiger partial charge in [0.1, 0.15) is 0 Å². The van der Waals surface area contributed by atoms with Gasteiger partial charge < -0.3 is 16.2 Å². The molecule has 0 aliphatic heterocycles. The molecule has 0 radical (unpaired) electrons. The minimum atomic E-state index is -8.03. The first-order valence-electron chi connectivity index (χ1n) is 6.54. The van der Waals surface area contributed by atoms with Crippen molar-refractivity contribution in [2.45, 2.75) is 36.0 Å². The molecule has 0 unspecified atom stereocenters. The van der Waals surface area contributed by atoms with Gasteiger partial charge in [0, 0.05) is 6.07 Å². The van der Waals surface area contributed by atoms with Crippen LogP contribution in [-0.4, -0.2) is 36.0 Å². The van der Waals surface area contributed by atoms with E-state index in [-0.39, 0.29) is 6.07 Å². The fourth-order valence-corrected chi connectivity index (χ4v) is 1.80. The Morgan fingerprint density at radius 3 is 1.45 bits per heavy atom. The number of nitrogen functional groups attached to an aromatic ring is 2. The monoisotopic (exact) mass is 476 g/mol. The zero-order chi connectivity index (χ0) is 23.4. The Labute approximate surface area is 156 Å². The van der Waals surface area contributed by atoms with Gasteiger partial charge in [-0.1, -0.05) is 11.6 Å². The molecule has 1 aromatic carbocycles. The molecule has 0 bridgehead atoms. The number of alkyl halides is 13. The molecule has 0 saturated heterocycles. The summed E-state index contributed by atoms with van der Waals surface area (Å²) < 4.78 is 171. The van der Waals surface area contributed by atoms with Gasteiger partial charge in [-0.2, -0.15) is 57.1 Å². The van der Waals surface area contributed by atoms with Crippen molar-refractivity contribution in [1.82, 2.24) is 0 Å². The highest BCUT2D eigenvalue weighted by atomic mass is 35.5. The molecule has 0 fully saturated rings. The highest BCUT2D eigenvalue weighted by Crippen LogP contribution is 2.60. The van der Waals surface area contributed by atoms with Crippen LogP contribution in [0.4, 0.5) is 68.5 Å². The third kappa shape index (κ3) is 3.66. The maximum atomic E-state index is 13.6. The molecular weight excluding hydrogens is 471 g/mol. The van der Waals surface area contributed by atoms with Crippen LogP contribution >= 0.6 is 11.6 Å². The summed E-state index contributed by atoms with van der Waals surface area (Å²) in [6, 6.07) is 0.632. The SMILES string of the molecule is Nc1cc(OC(F)(F)C(F)(F)C(F)(F)C(F)(F)C(F)(F)C(F)(F)F)c(N)cc1Cl. The summed E-state index contributed by atoms with van der Waals surface area (Å²) in [5, 5.41) is -0.480. The first kappa shape index (κ1) is 25.0. The maximum Gasteiger partial charge on any atom is 0.471 e. The quantitative estimate of drug-likeness (QED) is 0.416. The molecule has 0 aliphatic rings. The predicted octanol–water partition coefficient (Wildman–Crippen LogP) is 5.58. The molecule has 4 N–H and O–H groups in total. The van der Waals surface area contributed by atoms with Crippen molar-refractivity contribution in [3.05, 3.63) is 17.2 Å². The van der Waals surface area contributed by atoms with Gasteiger partial charge >= 0.3 is 36.0 Å². The van der Waals surface area contributed by atoms with Crippen molar-refractivity contribution < 1.29 is 61.8 Å². The highest BCUT2D eigenvalue weighted by molar-refractivity contribution is 6.33. The Morgan fingerprint density at radius 1 is 0.621 bits per heavy atom. The molecule has 0 spiro atoms. The van der Waals surface area contributed by atoms with E-state index < -0.39 is 58.1 Å². The van der Waals surface area contributed by atoms with Crippen LogP contribution in [0, 0.1) is 0 Å². The first-order valence-corrected chi connectivity index (χ1v) is 6.91. The topological polar surface area (TPSA) is 61.3 Å². The fraction of sp³-hybridized carbons (Fsp3) is 0.500. The highest BCUT2D eigenvalue weighted by Gasteiger charge is 2.91. The Balaban J connectivity index is 3.49. The lowest BCUT2D eigenvalue weighted by Gasteiger charge is -2.39. The minimum absolute atomic E-state index is 0.155. The van der Waals surface area contributed by atoms with E-state index in [0.29, 0.717) is 6.07 Å².